The van der Waals surface area contributed by atoms with Gasteiger partial charge in [0.05, 0.1) is 24.3 Å². The molecular formula is C19H23ClN2O2. The van der Waals surface area contributed by atoms with Crippen LogP contribution in [0.15, 0.2) is 30.3 Å². The Balaban J connectivity index is 1.98. The molecule has 128 valence electrons. The van der Waals surface area contributed by atoms with Crippen LogP contribution in [0.2, 0.25) is 5.02 Å². The topological polar surface area (TPSA) is 34.5 Å². The van der Waals surface area contributed by atoms with E-state index in [1.807, 2.05) is 62.9 Å². The number of nitrogens with zero attached hydrogens (tertiary/aromatic N) is 2. The molecule has 0 spiro atoms. The zero-order valence-electron chi connectivity index (χ0n) is 14.5. The molecule has 2 aromatic rings. The predicted octanol–water partition coefficient (Wildman–Crippen LogP) is 4.00. The van der Waals surface area contributed by atoms with Crippen molar-refractivity contribution in [1.82, 2.24) is 9.47 Å². The summed E-state index contributed by atoms with van der Waals surface area (Å²) in [6, 6.07) is 9.73. The summed E-state index contributed by atoms with van der Waals surface area (Å²) in [4.78, 5) is 15.0. The number of carbonyl (C=O) groups is 1. The van der Waals surface area contributed by atoms with E-state index in [2.05, 4.69) is 4.57 Å². The molecule has 2 unspecified atom stereocenters. The van der Waals surface area contributed by atoms with Gasteiger partial charge in [0.25, 0.3) is 5.91 Å². The van der Waals surface area contributed by atoms with Gasteiger partial charge in [0, 0.05) is 28.6 Å². The average Bonchev–Trinajstić information content (AvgIpc) is 2.84. The molecule has 1 aliphatic rings. The zero-order chi connectivity index (χ0) is 17.4. The van der Waals surface area contributed by atoms with Crippen LogP contribution in [0, 0.1) is 13.8 Å². The monoisotopic (exact) mass is 346 g/mol. The number of aryl methyl sites for hydroxylation is 1. The van der Waals surface area contributed by atoms with Crippen LogP contribution in [0.5, 0.6) is 0 Å². The fourth-order valence-corrected chi connectivity index (χ4v) is 3.52. The molecule has 2 heterocycles. The van der Waals surface area contributed by atoms with Crippen LogP contribution in [0.3, 0.4) is 0 Å². The lowest BCUT2D eigenvalue weighted by Gasteiger charge is -2.36. The number of morpholine rings is 1. The third kappa shape index (κ3) is 3.08. The highest BCUT2D eigenvalue weighted by Gasteiger charge is 2.30. The minimum Gasteiger partial charge on any atom is -0.375 e. The lowest BCUT2D eigenvalue weighted by atomic mass is 10.1. The number of aromatic nitrogens is 1. The molecule has 0 radical (unpaired) electrons. The number of amides is 1. The van der Waals surface area contributed by atoms with Crippen LogP contribution in [0.25, 0.3) is 5.69 Å². The first-order valence-corrected chi connectivity index (χ1v) is 8.63. The van der Waals surface area contributed by atoms with Gasteiger partial charge in [-0.3, -0.25) is 4.79 Å². The van der Waals surface area contributed by atoms with Gasteiger partial charge in [0.15, 0.2) is 0 Å². The van der Waals surface area contributed by atoms with E-state index in [9.17, 15) is 4.79 Å². The lowest BCUT2D eigenvalue weighted by Crippen LogP contribution is -2.50. The van der Waals surface area contributed by atoms with Crippen molar-refractivity contribution in [3.05, 3.63) is 52.3 Å². The third-order valence-corrected chi connectivity index (χ3v) is 4.83. The molecule has 0 N–H and O–H groups in total. The Bertz CT molecular complexity index is 769. The predicted molar refractivity (Wildman–Crippen MR) is 96.2 cm³/mol. The molecule has 1 saturated heterocycles. The fraction of sp³-hybridized carbons (Fsp3) is 0.421. The number of carbonyl (C=O) groups excluding carboxylic acids is 1. The first-order valence-electron chi connectivity index (χ1n) is 8.26. The minimum atomic E-state index is 0.0685. The van der Waals surface area contributed by atoms with Crippen molar-refractivity contribution in [3.63, 3.8) is 0 Å². The van der Waals surface area contributed by atoms with Gasteiger partial charge in [0.2, 0.25) is 0 Å². The number of ether oxygens (including phenoxy) is 1. The molecule has 1 aliphatic heterocycles. The Kier molecular flexibility index (Phi) is 4.70. The number of rotatable bonds is 2. The van der Waals surface area contributed by atoms with E-state index in [1.54, 1.807) is 0 Å². The minimum absolute atomic E-state index is 0.0685. The van der Waals surface area contributed by atoms with E-state index in [1.165, 1.54) is 0 Å². The maximum atomic E-state index is 13.1. The van der Waals surface area contributed by atoms with Crippen LogP contribution >= 0.6 is 11.6 Å². The van der Waals surface area contributed by atoms with Gasteiger partial charge < -0.3 is 14.2 Å². The largest absolute Gasteiger partial charge is 0.375 e. The SMILES string of the molecule is Cc1cc(C(=O)N2CC(C)OCC2C)c(C)n1-c1cccc(Cl)c1. The van der Waals surface area contributed by atoms with Crippen LogP contribution in [0.1, 0.15) is 35.6 Å². The molecule has 1 amide bonds. The molecular weight excluding hydrogens is 324 g/mol. The second-order valence-corrected chi connectivity index (χ2v) is 6.99. The van der Waals surface area contributed by atoms with Crippen LogP contribution in [-0.4, -0.2) is 40.7 Å². The van der Waals surface area contributed by atoms with E-state index in [-0.39, 0.29) is 18.1 Å². The molecule has 24 heavy (non-hydrogen) atoms. The molecule has 5 heteroatoms. The molecule has 3 rings (SSSR count). The summed E-state index contributed by atoms with van der Waals surface area (Å²) in [5, 5.41) is 0.684. The van der Waals surface area contributed by atoms with E-state index in [0.717, 1.165) is 22.6 Å². The Hall–Kier alpha value is -1.78. The number of hydrogen-bond acceptors (Lipinski definition) is 2. The quantitative estimate of drug-likeness (QED) is 0.823. The van der Waals surface area contributed by atoms with E-state index in [0.29, 0.717) is 18.2 Å². The van der Waals surface area contributed by atoms with Gasteiger partial charge in [-0.15, -0.1) is 0 Å². The summed E-state index contributed by atoms with van der Waals surface area (Å²) in [6.45, 7) is 9.23. The number of benzene rings is 1. The van der Waals surface area contributed by atoms with Crippen LogP contribution in [-0.2, 0) is 4.74 Å². The zero-order valence-corrected chi connectivity index (χ0v) is 15.3. The first-order chi connectivity index (χ1) is 11.4. The average molecular weight is 347 g/mol. The summed E-state index contributed by atoms with van der Waals surface area (Å²) < 4.78 is 7.71. The summed E-state index contributed by atoms with van der Waals surface area (Å²) >= 11 is 6.12. The second kappa shape index (κ2) is 6.61. The molecule has 4 nitrogen and oxygen atoms in total. The Morgan fingerprint density at radius 3 is 2.71 bits per heavy atom. The highest BCUT2D eigenvalue weighted by molar-refractivity contribution is 6.30. The summed E-state index contributed by atoms with van der Waals surface area (Å²) in [5.74, 6) is 0.0685. The van der Waals surface area contributed by atoms with Crippen molar-refractivity contribution in [2.45, 2.75) is 39.8 Å². The van der Waals surface area contributed by atoms with E-state index < -0.39 is 0 Å². The summed E-state index contributed by atoms with van der Waals surface area (Å²) in [6.07, 6.45) is 0.0709. The summed E-state index contributed by atoms with van der Waals surface area (Å²) in [7, 11) is 0. The normalized spacial score (nSPS) is 21.1. The van der Waals surface area contributed by atoms with Crippen LogP contribution in [0.4, 0.5) is 0 Å². The highest BCUT2D eigenvalue weighted by atomic mass is 35.5. The maximum Gasteiger partial charge on any atom is 0.256 e. The Morgan fingerprint density at radius 1 is 1.25 bits per heavy atom. The Labute approximate surface area is 148 Å². The molecule has 1 aromatic heterocycles. The van der Waals surface area contributed by atoms with Crippen molar-refractivity contribution < 1.29 is 9.53 Å². The van der Waals surface area contributed by atoms with Crippen molar-refractivity contribution in [2.24, 2.45) is 0 Å². The highest BCUT2D eigenvalue weighted by Crippen LogP contribution is 2.25. The molecule has 0 saturated carbocycles. The van der Waals surface area contributed by atoms with Gasteiger partial charge in [-0.1, -0.05) is 17.7 Å². The van der Waals surface area contributed by atoms with E-state index >= 15 is 0 Å². The molecule has 1 aromatic carbocycles. The van der Waals surface area contributed by atoms with Crippen LogP contribution < -0.4 is 0 Å². The summed E-state index contributed by atoms with van der Waals surface area (Å²) in [5.41, 5.74) is 3.67. The van der Waals surface area contributed by atoms with Gasteiger partial charge >= 0.3 is 0 Å². The molecule has 1 fully saturated rings. The molecule has 0 bridgehead atoms. The van der Waals surface area contributed by atoms with Gasteiger partial charge in [-0.2, -0.15) is 0 Å². The van der Waals surface area contributed by atoms with Crippen molar-refractivity contribution >= 4 is 17.5 Å². The number of hydrogen-bond donors (Lipinski definition) is 0. The van der Waals surface area contributed by atoms with Crippen molar-refractivity contribution in [3.8, 4) is 5.69 Å². The van der Waals surface area contributed by atoms with Gasteiger partial charge in [0.1, 0.15) is 0 Å². The van der Waals surface area contributed by atoms with Gasteiger partial charge in [-0.05, 0) is 52.0 Å². The third-order valence-electron chi connectivity index (χ3n) is 4.60. The number of halogens is 1. The smallest absolute Gasteiger partial charge is 0.256 e. The lowest BCUT2D eigenvalue weighted by molar-refractivity contribution is -0.0387. The Morgan fingerprint density at radius 2 is 2.00 bits per heavy atom. The molecule has 2 atom stereocenters. The molecule has 0 aliphatic carbocycles. The van der Waals surface area contributed by atoms with Crippen molar-refractivity contribution in [2.75, 3.05) is 13.2 Å². The van der Waals surface area contributed by atoms with E-state index in [4.69, 9.17) is 16.3 Å². The first kappa shape index (κ1) is 17.1. The maximum absolute atomic E-state index is 13.1. The van der Waals surface area contributed by atoms with Gasteiger partial charge in [-0.25, -0.2) is 0 Å². The standard InChI is InChI=1S/C19H23ClN2O2/c1-12-8-18(19(23)21-10-14(3)24-11-13(21)2)15(4)22(12)17-7-5-6-16(20)9-17/h5-9,13-14H,10-11H2,1-4H3. The van der Waals surface area contributed by atoms with Crippen molar-refractivity contribution in [1.29, 1.82) is 0 Å². The fourth-order valence-electron chi connectivity index (χ4n) is 3.33. The second-order valence-electron chi connectivity index (χ2n) is 6.55.